The van der Waals surface area contributed by atoms with Gasteiger partial charge in [-0.3, -0.25) is 20.3 Å². The highest BCUT2D eigenvalue weighted by Gasteiger charge is 2.28. The molecular weight excluding hydrogens is 440 g/mol. The summed E-state index contributed by atoms with van der Waals surface area (Å²) in [6, 6.07) is 11.6. The van der Waals surface area contributed by atoms with Crippen molar-refractivity contribution in [1.82, 2.24) is 5.32 Å². The number of rotatable bonds is 6. The molecule has 1 aromatic heterocycles. The minimum Gasteiger partial charge on any atom is -0.455 e. The van der Waals surface area contributed by atoms with Gasteiger partial charge in [-0.05, 0) is 49.6 Å². The van der Waals surface area contributed by atoms with Crippen LogP contribution in [0.25, 0.3) is 0 Å². The number of amides is 1. The molecule has 0 bridgehead atoms. The summed E-state index contributed by atoms with van der Waals surface area (Å²) in [4.78, 5) is 23.3. The second kappa shape index (κ2) is 8.89. The molecule has 1 aliphatic carbocycles. The number of nitrogens with zero attached hydrogens (tertiary/aromatic N) is 2. The van der Waals surface area contributed by atoms with Crippen molar-refractivity contribution in [2.45, 2.75) is 32.7 Å². The molecule has 0 saturated carbocycles. The van der Waals surface area contributed by atoms with Crippen molar-refractivity contribution in [2.24, 2.45) is 5.10 Å². The Labute approximate surface area is 194 Å². The van der Waals surface area contributed by atoms with Gasteiger partial charge in [-0.25, -0.2) is 0 Å². The number of hydrazone groups is 1. The zero-order valence-electron chi connectivity index (χ0n) is 18.4. The van der Waals surface area contributed by atoms with Gasteiger partial charge in [-0.15, -0.1) is 0 Å². The number of aryl methyl sites for hydroxylation is 1. The van der Waals surface area contributed by atoms with E-state index < -0.39 is 4.92 Å². The Hall–Kier alpha value is -4.34. The maximum Gasteiger partial charge on any atom is 0.287 e. The number of furan rings is 1. The summed E-state index contributed by atoms with van der Waals surface area (Å²) in [6.07, 6.45) is 2.30. The molecule has 174 valence electrons. The number of nitro benzene ring substituents is 1. The molecule has 0 unspecified atom stereocenters. The summed E-state index contributed by atoms with van der Waals surface area (Å²) in [5, 5.41) is 18.2. The molecule has 0 atom stereocenters. The van der Waals surface area contributed by atoms with Gasteiger partial charge in [0.1, 0.15) is 5.76 Å². The lowest BCUT2D eigenvalue weighted by Gasteiger charge is -2.13. The van der Waals surface area contributed by atoms with Crippen LogP contribution in [0.3, 0.4) is 0 Å². The number of benzene rings is 2. The minimum absolute atomic E-state index is 0.0141. The molecule has 0 spiro atoms. The van der Waals surface area contributed by atoms with Gasteiger partial charge in [-0.2, -0.15) is 5.10 Å². The number of hydrogen-bond donors (Lipinski definition) is 2. The van der Waals surface area contributed by atoms with E-state index in [2.05, 4.69) is 15.8 Å². The molecule has 1 aliphatic heterocycles. The van der Waals surface area contributed by atoms with Crippen LogP contribution in [0.2, 0.25) is 0 Å². The molecular formula is C24H22N4O6. The maximum absolute atomic E-state index is 12.9. The van der Waals surface area contributed by atoms with E-state index in [9.17, 15) is 14.9 Å². The van der Waals surface area contributed by atoms with Crippen LogP contribution in [0.4, 0.5) is 11.4 Å². The average Bonchev–Trinajstić information content (AvgIpc) is 3.45. The first-order chi connectivity index (χ1) is 16.5. The Balaban J connectivity index is 1.30. The third-order valence-corrected chi connectivity index (χ3v) is 5.82. The fourth-order valence-electron chi connectivity index (χ4n) is 4.10. The zero-order valence-corrected chi connectivity index (χ0v) is 18.4. The SMILES string of the molecule is Cc1c(C(=O)NCc2ccc3c(c2)OCO3)oc2c1/C(=N/Nc1ccc([N+](=O)[O-])cc1)CCC2. The average molecular weight is 462 g/mol. The predicted molar refractivity (Wildman–Crippen MR) is 123 cm³/mol. The number of fused-ring (bicyclic) bond motifs is 2. The van der Waals surface area contributed by atoms with Gasteiger partial charge in [0.15, 0.2) is 17.3 Å². The van der Waals surface area contributed by atoms with E-state index in [1.165, 1.54) is 12.1 Å². The quantitative estimate of drug-likeness (QED) is 0.413. The highest BCUT2D eigenvalue weighted by Crippen LogP contribution is 2.33. The number of carbonyl (C=O) groups is 1. The lowest BCUT2D eigenvalue weighted by atomic mass is 9.93. The summed E-state index contributed by atoms with van der Waals surface area (Å²) >= 11 is 0. The lowest BCUT2D eigenvalue weighted by molar-refractivity contribution is -0.384. The van der Waals surface area contributed by atoms with Crippen molar-refractivity contribution >= 4 is 23.0 Å². The number of carbonyl (C=O) groups excluding carboxylic acids is 1. The van der Waals surface area contributed by atoms with Crippen molar-refractivity contribution in [2.75, 3.05) is 12.2 Å². The first-order valence-corrected chi connectivity index (χ1v) is 10.9. The zero-order chi connectivity index (χ0) is 23.7. The second-order valence-electron chi connectivity index (χ2n) is 8.05. The molecule has 0 fully saturated rings. The van der Waals surface area contributed by atoms with Gasteiger partial charge in [0.05, 0.1) is 16.3 Å². The summed E-state index contributed by atoms with van der Waals surface area (Å²) in [5.41, 5.74) is 6.86. The summed E-state index contributed by atoms with van der Waals surface area (Å²) in [7, 11) is 0. The van der Waals surface area contributed by atoms with Crippen LogP contribution in [0, 0.1) is 17.0 Å². The molecule has 0 saturated heterocycles. The van der Waals surface area contributed by atoms with Crippen LogP contribution in [-0.2, 0) is 13.0 Å². The van der Waals surface area contributed by atoms with E-state index in [-0.39, 0.29) is 24.1 Å². The molecule has 10 heteroatoms. The Morgan fingerprint density at radius 1 is 1.12 bits per heavy atom. The van der Waals surface area contributed by atoms with Gasteiger partial charge in [0, 0.05) is 36.2 Å². The summed E-state index contributed by atoms with van der Waals surface area (Å²) in [6.45, 7) is 2.37. The largest absolute Gasteiger partial charge is 0.455 e. The summed E-state index contributed by atoms with van der Waals surface area (Å²) < 4.78 is 16.6. The highest BCUT2D eigenvalue weighted by molar-refractivity contribution is 6.06. The molecule has 2 aliphatic rings. The Morgan fingerprint density at radius 3 is 2.71 bits per heavy atom. The Kier molecular flexibility index (Phi) is 5.62. The van der Waals surface area contributed by atoms with Gasteiger partial charge >= 0.3 is 0 Å². The van der Waals surface area contributed by atoms with Crippen molar-refractivity contribution < 1.29 is 23.6 Å². The molecule has 1 amide bonds. The fourth-order valence-corrected chi connectivity index (χ4v) is 4.10. The van der Waals surface area contributed by atoms with E-state index in [1.807, 2.05) is 25.1 Å². The number of nitrogens with one attached hydrogen (secondary N) is 2. The van der Waals surface area contributed by atoms with Crippen LogP contribution in [0.5, 0.6) is 11.5 Å². The van der Waals surface area contributed by atoms with Crippen LogP contribution >= 0.6 is 0 Å². The molecule has 2 heterocycles. The van der Waals surface area contributed by atoms with Crippen LogP contribution in [-0.4, -0.2) is 23.3 Å². The van der Waals surface area contributed by atoms with E-state index in [4.69, 9.17) is 13.9 Å². The van der Waals surface area contributed by atoms with Gasteiger partial charge in [0.25, 0.3) is 11.6 Å². The third-order valence-electron chi connectivity index (χ3n) is 5.82. The van der Waals surface area contributed by atoms with Gasteiger partial charge in [-0.1, -0.05) is 6.07 Å². The number of ether oxygens (including phenoxy) is 2. The second-order valence-corrected chi connectivity index (χ2v) is 8.05. The Bertz CT molecular complexity index is 1300. The number of non-ortho nitro benzene ring substituents is 1. The summed E-state index contributed by atoms with van der Waals surface area (Å²) in [5.74, 6) is 2.07. The predicted octanol–water partition coefficient (Wildman–Crippen LogP) is 4.31. The lowest BCUT2D eigenvalue weighted by Crippen LogP contribution is -2.23. The first-order valence-electron chi connectivity index (χ1n) is 10.9. The molecule has 0 radical (unpaired) electrons. The molecule has 5 rings (SSSR count). The third kappa shape index (κ3) is 4.17. The molecule has 2 N–H and O–H groups in total. The monoisotopic (exact) mass is 462 g/mol. The normalized spacial score (nSPS) is 15.1. The number of hydrogen-bond acceptors (Lipinski definition) is 8. The number of anilines is 1. The van der Waals surface area contributed by atoms with E-state index in [0.29, 0.717) is 23.7 Å². The standard InChI is InChI=1S/C24H22N4O6/c1-14-22-18(27-26-16-6-8-17(9-7-16)28(30)31)3-2-4-20(22)34-23(14)24(29)25-12-15-5-10-19-21(11-15)33-13-32-19/h5-11,26H,2-4,12-13H2,1H3,(H,25,29)/b27-18+. The molecule has 2 aromatic carbocycles. The van der Waals surface area contributed by atoms with Gasteiger partial charge in [0.2, 0.25) is 6.79 Å². The van der Waals surface area contributed by atoms with Crippen LogP contribution in [0.1, 0.15) is 45.8 Å². The topological polar surface area (TPSA) is 128 Å². The molecule has 10 nitrogen and oxygen atoms in total. The number of nitro groups is 1. The van der Waals surface area contributed by atoms with Crippen molar-refractivity contribution in [1.29, 1.82) is 0 Å². The molecule has 3 aromatic rings. The van der Waals surface area contributed by atoms with Crippen molar-refractivity contribution in [3.05, 3.63) is 80.8 Å². The smallest absolute Gasteiger partial charge is 0.287 e. The van der Waals surface area contributed by atoms with Crippen LogP contribution in [0.15, 0.2) is 52.0 Å². The fraction of sp³-hybridized carbons (Fsp3) is 0.250. The highest BCUT2D eigenvalue weighted by atomic mass is 16.7. The van der Waals surface area contributed by atoms with Gasteiger partial charge < -0.3 is 19.2 Å². The Morgan fingerprint density at radius 2 is 1.91 bits per heavy atom. The van der Waals surface area contributed by atoms with Crippen molar-refractivity contribution in [3.63, 3.8) is 0 Å². The maximum atomic E-state index is 12.9. The van der Waals surface area contributed by atoms with E-state index in [1.54, 1.807) is 12.1 Å². The minimum atomic E-state index is -0.447. The van der Waals surface area contributed by atoms with E-state index in [0.717, 1.165) is 47.4 Å². The van der Waals surface area contributed by atoms with Crippen molar-refractivity contribution in [3.8, 4) is 11.5 Å². The molecule has 34 heavy (non-hydrogen) atoms. The first kappa shape index (κ1) is 21.5. The van der Waals surface area contributed by atoms with E-state index >= 15 is 0 Å². The van der Waals surface area contributed by atoms with Crippen LogP contribution < -0.4 is 20.2 Å².